The molecule has 2 N–H and O–H groups in total. The Morgan fingerprint density at radius 3 is 1.52 bits per heavy atom. The smallest absolute Gasteiger partial charge is 0.196 e. The molecule has 0 amide bonds. The number of carbonyl (C=O) groups is 3. The Balaban J connectivity index is 0.000000260. The van der Waals surface area contributed by atoms with Gasteiger partial charge in [0.05, 0.1) is 17.7 Å². The molecule has 0 atom stereocenters. The molecule has 0 aliphatic rings. The van der Waals surface area contributed by atoms with Gasteiger partial charge in [0.25, 0.3) is 0 Å². The second-order valence-corrected chi connectivity index (χ2v) is 12.0. The van der Waals surface area contributed by atoms with E-state index in [4.69, 9.17) is 4.74 Å². The summed E-state index contributed by atoms with van der Waals surface area (Å²) in [6, 6.07) is 27.2. The highest BCUT2D eigenvalue weighted by Gasteiger charge is 2.16. The number of hydrogen-bond acceptors (Lipinski definition) is 6. The number of unbranched alkanes of at least 4 members (excludes halogenated alkanes) is 9. The van der Waals surface area contributed by atoms with Crippen LogP contribution in [0, 0.1) is 0 Å². The summed E-state index contributed by atoms with van der Waals surface area (Å²) in [6.45, 7) is 5.01. The third-order valence-electron chi connectivity index (χ3n) is 8.12. The molecular formula is C42H50O6. The fraction of sp³-hybridized carbons (Fsp3) is 0.357. The van der Waals surface area contributed by atoms with Crippen LogP contribution in [-0.4, -0.2) is 34.2 Å². The summed E-state index contributed by atoms with van der Waals surface area (Å²) in [5, 5.41) is 20.3. The van der Waals surface area contributed by atoms with Crippen molar-refractivity contribution >= 4 is 17.3 Å². The van der Waals surface area contributed by atoms with Crippen molar-refractivity contribution < 1.29 is 29.3 Å². The molecule has 6 heteroatoms. The number of ether oxygens (including phenoxy) is 1. The van der Waals surface area contributed by atoms with E-state index < -0.39 is 0 Å². The number of ketones is 3. The van der Waals surface area contributed by atoms with Crippen LogP contribution in [0.15, 0.2) is 97.1 Å². The third kappa shape index (κ3) is 12.5. The second kappa shape index (κ2) is 21.2. The van der Waals surface area contributed by atoms with Gasteiger partial charge in [0, 0.05) is 29.2 Å². The van der Waals surface area contributed by atoms with Crippen molar-refractivity contribution in [3.05, 3.63) is 125 Å². The zero-order chi connectivity index (χ0) is 34.6. The fourth-order valence-corrected chi connectivity index (χ4v) is 5.29. The lowest BCUT2D eigenvalue weighted by molar-refractivity contribution is 0.0975. The number of carbonyl (C=O) groups excluding carboxylic acids is 3. The molecule has 6 nitrogen and oxygen atoms in total. The number of benzene rings is 4. The molecule has 4 rings (SSSR count). The van der Waals surface area contributed by atoms with Crippen LogP contribution >= 0.6 is 0 Å². The predicted octanol–water partition coefficient (Wildman–Crippen LogP) is 10.5. The van der Waals surface area contributed by atoms with Crippen LogP contribution in [0.2, 0.25) is 0 Å². The number of rotatable bonds is 19. The van der Waals surface area contributed by atoms with E-state index in [0.717, 1.165) is 32.1 Å². The normalized spacial score (nSPS) is 10.5. The highest BCUT2D eigenvalue weighted by Crippen LogP contribution is 2.26. The van der Waals surface area contributed by atoms with Crippen molar-refractivity contribution in [2.24, 2.45) is 0 Å². The topological polar surface area (TPSA) is 101 Å². The number of phenols is 2. The van der Waals surface area contributed by atoms with Gasteiger partial charge in [0.15, 0.2) is 17.3 Å². The van der Waals surface area contributed by atoms with Crippen molar-refractivity contribution in [3.8, 4) is 17.2 Å². The van der Waals surface area contributed by atoms with E-state index in [2.05, 4.69) is 13.8 Å². The van der Waals surface area contributed by atoms with E-state index in [9.17, 15) is 24.6 Å². The van der Waals surface area contributed by atoms with Gasteiger partial charge in [-0.3, -0.25) is 14.4 Å². The van der Waals surface area contributed by atoms with E-state index in [-0.39, 0.29) is 34.4 Å². The minimum Gasteiger partial charge on any atom is -0.507 e. The molecular weight excluding hydrogens is 600 g/mol. The zero-order valence-corrected chi connectivity index (χ0v) is 28.5. The van der Waals surface area contributed by atoms with E-state index >= 15 is 0 Å². The molecule has 4 aromatic rings. The van der Waals surface area contributed by atoms with Gasteiger partial charge in [-0.2, -0.15) is 0 Å². The molecule has 4 aromatic carbocycles. The van der Waals surface area contributed by atoms with Gasteiger partial charge in [-0.1, -0.05) is 138 Å². The number of aromatic hydroxyl groups is 2. The van der Waals surface area contributed by atoms with Gasteiger partial charge in [-0.25, -0.2) is 0 Å². The average Bonchev–Trinajstić information content (AvgIpc) is 3.11. The zero-order valence-electron chi connectivity index (χ0n) is 28.5. The van der Waals surface area contributed by atoms with E-state index in [1.54, 1.807) is 54.6 Å². The molecule has 0 spiro atoms. The average molecular weight is 651 g/mol. The summed E-state index contributed by atoms with van der Waals surface area (Å²) >= 11 is 0. The molecule has 0 aromatic heterocycles. The van der Waals surface area contributed by atoms with Crippen molar-refractivity contribution in [2.75, 3.05) is 6.61 Å². The fourth-order valence-electron chi connectivity index (χ4n) is 5.29. The molecule has 0 heterocycles. The SMILES string of the molecule is CCCCCCCC(=O)c1ccc(C(=O)c2ccccc2)c(O)c1.CCCCCCCCOc1ccc(C(=O)c2ccccc2)c(O)c1. The van der Waals surface area contributed by atoms with Crippen molar-refractivity contribution in [1.29, 1.82) is 0 Å². The molecule has 0 aliphatic heterocycles. The minimum atomic E-state index is -0.244. The van der Waals surface area contributed by atoms with Crippen LogP contribution in [0.3, 0.4) is 0 Å². The quantitative estimate of drug-likeness (QED) is 0.0773. The first-order valence-corrected chi connectivity index (χ1v) is 17.4. The summed E-state index contributed by atoms with van der Waals surface area (Å²) in [5.41, 5.74) is 2.07. The van der Waals surface area contributed by atoms with E-state index in [1.807, 2.05) is 24.3 Å². The molecule has 0 aliphatic carbocycles. The van der Waals surface area contributed by atoms with Gasteiger partial charge >= 0.3 is 0 Å². The van der Waals surface area contributed by atoms with Crippen LogP contribution < -0.4 is 4.74 Å². The maximum absolute atomic E-state index is 12.4. The van der Waals surface area contributed by atoms with Crippen LogP contribution in [0.4, 0.5) is 0 Å². The lowest BCUT2D eigenvalue weighted by atomic mass is 9.98. The first-order chi connectivity index (χ1) is 23.3. The van der Waals surface area contributed by atoms with Crippen molar-refractivity contribution in [2.45, 2.75) is 90.9 Å². The Morgan fingerprint density at radius 2 is 1.00 bits per heavy atom. The maximum atomic E-state index is 12.4. The molecule has 0 fully saturated rings. The number of Topliss-reactive ketones (excluding diaryl/α,β-unsaturated/α-hetero) is 1. The standard InChI is InChI=1S/C21H24O3.C21H26O3/c1-2-3-4-5-9-12-19(22)17-13-14-18(20(23)15-17)21(24)16-10-7-6-8-11-16;1-2-3-4-5-6-10-15-24-18-13-14-19(20(22)16-18)21(23)17-11-8-7-9-12-17/h6-8,10-11,13-15,23H,2-5,9,12H2,1H3;7-9,11-14,16,22H,2-6,10,15H2,1H3. The monoisotopic (exact) mass is 650 g/mol. The van der Waals surface area contributed by atoms with Gasteiger partial charge in [-0.05, 0) is 37.1 Å². The number of hydrogen-bond donors (Lipinski definition) is 2. The largest absolute Gasteiger partial charge is 0.507 e. The molecule has 0 radical (unpaired) electrons. The molecule has 0 saturated heterocycles. The van der Waals surface area contributed by atoms with Crippen LogP contribution in [-0.2, 0) is 0 Å². The summed E-state index contributed by atoms with van der Waals surface area (Å²) in [4.78, 5) is 36.9. The van der Waals surface area contributed by atoms with Crippen LogP contribution in [0.5, 0.6) is 17.2 Å². The Hall–Kier alpha value is -4.71. The predicted molar refractivity (Wildman–Crippen MR) is 193 cm³/mol. The van der Waals surface area contributed by atoms with E-state index in [1.165, 1.54) is 56.7 Å². The summed E-state index contributed by atoms with van der Waals surface area (Å²) in [7, 11) is 0. The first kappa shape index (κ1) is 37.7. The minimum absolute atomic E-state index is 0.0144. The Kier molecular flexibility index (Phi) is 16.7. The maximum Gasteiger partial charge on any atom is 0.196 e. The lowest BCUT2D eigenvalue weighted by Gasteiger charge is -2.09. The third-order valence-corrected chi connectivity index (χ3v) is 8.12. The van der Waals surface area contributed by atoms with Crippen molar-refractivity contribution in [3.63, 3.8) is 0 Å². The van der Waals surface area contributed by atoms with Gasteiger partial charge in [0.1, 0.15) is 17.2 Å². The van der Waals surface area contributed by atoms with Crippen molar-refractivity contribution in [1.82, 2.24) is 0 Å². The molecule has 0 bridgehead atoms. The summed E-state index contributed by atoms with van der Waals surface area (Å²) in [5.74, 6) is 0.0124. The van der Waals surface area contributed by atoms with Crippen LogP contribution in [0.1, 0.15) is 133 Å². The molecule has 254 valence electrons. The second-order valence-electron chi connectivity index (χ2n) is 12.0. The first-order valence-electron chi connectivity index (χ1n) is 17.4. The lowest BCUT2D eigenvalue weighted by Crippen LogP contribution is -2.04. The van der Waals surface area contributed by atoms with Gasteiger partial charge in [0.2, 0.25) is 0 Å². The molecule has 48 heavy (non-hydrogen) atoms. The molecule has 0 saturated carbocycles. The Bertz CT molecular complexity index is 1560. The highest BCUT2D eigenvalue weighted by atomic mass is 16.5. The number of phenolic OH excluding ortho intramolecular Hbond substituents is 2. The van der Waals surface area contributed by atoms with Crippen LogP contribution in [0.25, 0.3) is 0 Å². The van der Waals surface area contributed by atoms with Gasteiger partial charge in [-0.15, -0.1) is 0 Å². The molecule has 0 unspecified atom stereocenters. The van der Waals surface area contributed by atoms with E-state index in [0.29, 0.717) is 41.0 Å². The Labute approximate surface area is 285 Å². The summed E-state index contributed by atoms with van der Waals surface area (Å²) < 4.78 is 5.66. The highest BCUT2D eigenvalue weighted by molar-refractivity contribution is 6.11. The van der Waals surface area contributed by atoms with Gasteiger partial charge < -0.3 is 14.9 Å². The Morgan fingerprint density at radius 1 is 0.521 bits per heavy atom. The summed E-state index contributed by atoms with van der Waals surface area (Å²) in [6.07, 6.45) is 13.2.